The molecule has 1 N–H and O–H groups in total. The van der Waals surface area contributed by atoms with E-state index in [0.29, 0.717) is 25.9 Å². The maximum Gasteiger partial charge on any atom is 0.224 e. The van der Waals surface area contributed by atoms with Gasteiger partial charge in [-0.15, -0.1) is 0 Å². The molecule has 1 aromatic carbocycles. The number of carbonyl (C=O) groups excluding carboxylic acids is 1. The number of amides is 1. The van der Waals surface area contributed by atoms with Crippen LogP contribution in [0.5, 0.6) is 0 Å². The molecule has 1 atom stereocenters. The van der Waals surface area contributed by atoms with Crippen molar-refractivity contribution < 1.29 is 13.2 Å². The van der Waals surface area contributed by atoms with Crippen LogP contribution in [0, 0.1) is 0 Å². The Morgan fingerprint density at radius 1 is 1.37 bits per heavy atom. The molecule has 0 saturated carbocycles. The fraction of sp³-hybridized carbons (Fsp3) is 0.462. The molecule has 0 spiro atoms. The highest BCUT2D eigenvalue weighted by Gasteiger charge is 2.29. The van der Waals surface area contributed by atoms with E-state index < -0.39 is 10.0 Å². The Balaban J connectivity index is 1.84. The van der Waals surface area contributed by atoms with Gasteiger partial charge in [0.2, 0.25) is 15.9 Å². The van der Waals surface area contributed by atoms with Crippen molar-refractivity contribution in [2.75, 3.05) is 19.3 Å². The molecule has 1 saturated heterocycles. The van der Waals surface area contributed by atoms with Crippen LogP contribution in [0.4, 0.5) is 0 Å². The van der Waals surface area contributed by atoms with Gasteiger partial charge in [0, 0.05) is 19.1 Å². The zero-order valence-electron chi connectivity index (χ0n) is 10.9. The molecule has 0 aliphatic carbocycles. The van der Waals surface area contributed by atoms with Gasteiger partial charge in [0.1, 0.15) is 0 Å². The minimum absolute atomic E-state index is 0.0634. The number of nitrogens with one attached hydrogen (secondary N) is 1. The van der Waals surface area contributed by atoms with Crippen LogP contribution in [0.15, 0.2) is 30.3 Å². The Bertz CT molecular complexity index is 542. The largest absolute Gasteiger partial charge is 0.352 e. The van der Waals surface area contributed by atoms with Gasteiger partial charge in [-0.2, -0.15) is 0 Å². The molecule has 104 valence electrons. The molecule has 6 heteroatoms. The molecule has 0 aromatic heterocycles. The van der Waals surface area contributed by atoms with E-state index in [1.54, 1.807) is 0 Å². The zero-order chi connectivity index (χ0) is 13.9. The minimum Gasteiger partial charge on any atom is -0.352 e. The fourth-order valence-corrected chi connectivity index (χ4v) is 3.09. The summed E-state index contributed by atoms with van der Waals surface area (Å²) >= 11 is 0. The number of sulfonamides is 1. The van der Waals surface area contributed by atoms with Gasteiger partial charge in [-0.25, -0.2) is 12.7 Å². The molecule has 1 amide bonds. The quantitative estimate of drug-likeness (QED) is 0.868. The van der Waals surface area contributed by atoms with Gasteiger partial charge >= 0.3 is 0 Å². The molecule has 2 rings (SSSR count). The van der Waals surface area contributed by atoms with E-state index in [2.05, 4.69) is 5.32 Å². The van der Waals surface area contributed by atoms with Gasteiger partial charge in [0.15, 0.2) is 0 Å². The van der Waals surface area contributed by atoms with Gasteiger partial charge in [-0.05, 0) is 12.0 Å². The molecule has 1 aliphatic heterocycles. The van der Waals surface area contributed by atoms with Gasteiger partial charge in [-0.1, -0.05) is 30.3 Å². The highest BCUT2D eigenvalue weighted by atomic mass is 32.2. The molecule has 1 fully saturated rings. The van der Waals surface area contributed by atoms with E-state index in [0.717, 1.165) is 5.56 Å². The average molecular weight is 282 g/mol. The Kier molecular flexibility index (Phi) is 4.21. The summed E-state index contributed by atoms with van der Waals surface area (Å²) in [6.45, 7) is 0.856. The highest BCUT2D eigenvalue weighted by molar-refractivity contribution is 7.88. The minimum atomic E-state index is -3.15. The molecule has 1 heterocycles. The zero-order valence-corrected chi connectivity index (χ0v) is 11.7. The maximum absolute atomic E-state index is 11.8. The van der Waals surface area contributed by atoms with E-state index in [1.165, 1.54) is 10.6 Å². The Labute approximate surface area is 113 Å². The number of hydrogen-bond acceptors (Lipinski definition) is 3. The van der Waals surface area contributed by atoms with Crippen LogP contribution in [-0.2, 0) is 21.2 Å². The van der Waals surface area contributed by atoms with Crippen molar-refractivity contribution in [2.45, 2.75) is 18.9 Å². The predicted molar refractivity (Wildman–Crippen MR) is 73.1 cm³/mol. The van der Waals surface area contributed by atoms with Crippen molar-refractivity contribution in [2.24, 2.45) is 0 Å². The molecule has 19 heavy (non-hydrogen) atoms. The summed E-state index contributed by atoms with van der Waals surface area (Å²) in [5.41, 5.74) is 0.956. The monoisotopic (exact) mass is 282 g/mol. The molecular formula is C13H18N2O3S. The van der Waals surface area contributed by atoms with E-state index in [4.69, 9.17) is 0 Å². The van der Waals surface area contributed by atoms with Crippen LogP contribution in [0.3, 0.4) is 0 Å². The Hall–Kier alpha value is -1.40. The molecule has 1 aromatic rings. The van der Waals surface area contributed by atoms with Gasteiger partial charge in [0.25, 0.3) is 0 Å². The first-order valence-corrected chi connectivity index (χ1v) is 8.08. The molecule has 1 aliphatic rings. The molecular weight excluding hydrogens is 264 g/mol. The van der Waals surface area contributed by atoms with Crippen molar-refractivity contribution in [3.63, 3.8) is 0 Å². The second-order valence-electron chi connectivity index (χ2n) is 4.84. The third-order valence-corrected chi connectivity index (χ3v) is 4.46. The second-order valence-corrected chi connectivity index (χ2v) is 6.82. The van der Waals surface area contributed by atoms with Crippen LogP contribution >= 0.6 is 0 Å². The fourth-order valence-electron chi connectivity index (χ4n) is 2.21. The lowest BCUT2D eigenvalue weighted by Crippen LogP contribution is -2.38. The lowest BCUT2D eigenvalue weighted by atomic mass is 10.1. The average Bonchev–Trinajstić information content (AvgIpc) is 2.78. The summed E-state index contributed by atoms with van der Waals surface area (Å²) in [4.78, 5) is 11.8. The molecule has 1 unspecified atom stereocenters. The third-order valence-electron chi connectivity index (χ3n) is 3.19. The summed E-state index contributed by atoms with van der Waals surface area (Å²) in [7, 11) is -3.15. The number of hydrogen-bond donors (Lipinski definition) is 1. The molecule has 5 nitrogen and oxygen atoms in total. The smallest absolute Gasteiger partial charge is 0.224 e. The maximum atomic E-state index is 11.8. The Morgan fingerprint density at radius 2 is 2.05 bits per heavy atom. The van der Waals surface area contributed by atoms with Crippen molar-refractivity contribution in [3.8, 4) is 0 Å². The summed E-state index contributed by atoms with van der Waals surface area (Å²) in [6, 6.07) is 9.41. The van der Waals surface area contributed by atoms with Crippen LogP contribution in [0.25, 0.3) is 0 Å². The SMILES string of the molecule is CS(=O)(=O)N1CCC(NC(=O)Cc2ccccc2)C1. The Morgan fingerprint density at radius 3 is 2.63 bits per heavy atom. The summed E-state index contributed by atoms with van der Waals surface area (Å²) < 4.78 is 24.1. The van der Waals surface area contributed by atoms with Gasteiger partial charge in [0.05, 0.1) is 12.7 Å². The lowest BCUT2D eigenvalue weighted by molar-refractivity contribution is -0.121. The standard InChI is InChI=1S/C13H18N2O3S/c1-19(17,18)15-8-7-12(10-15)14-13(16)9-11-5-3-2-4-6-11/h2-6,12H,7-10H2,1H3,(H,14,16). The van der Waals surface area contributed by atoms with Crippen molar-refractivity contribution >= 4 is 15.9 Å². The number of nitrogens with zero attached hydrogens (tertiary/aromatic N) is 1. The normalized spacial score (nSPS) is 20.4. The van der Waals surface area contributed by atoms with E-state index in [1.807, 2.05) is 30.3 Å². The van der Waals surface area contributed by atoms with Crippen LogP contribution in [0.2, 0.25) is 0 Å². The van der Waals surface area contributed by atoms with Crippen LogP contribution in [0.1, 0.15) is 12.0 Å². The number of benzene rings is 1. The summed E-state index contributed by atoms with van der Waals surface area (Å²) in [5, 5.41) is 2.88. The van der Waals surface area contributed by atoms with E-state index in [9.17, 15) is 13.2 Å². The van der Waals surface area contributed by atoms with Crippen molar-refractivity contribution in [1.82, 2.24) is 9.62 Å². The summed E-state index contributed by atoms with van der Waals surface area (Å²) in [5.74, 6) is -0.0634. The first-order valence-electron chi connectivity index (χ1n) is 6.23. The third kappa shape index (κ3) is 4.04. The topological polar surface area (TPSA) is 66.5 Å². The lowest BCUT2D eigenvalue weighted by Gasteiger charge is -2.14. The van der Waals surface area contributed by atoms with Crippen LogP contribution in [-0.4, -0.2) is 44.0 Å². The number of rotatable bonds is 4. The number of carbonyl (C=O) groups is 1. The molecule has 0 radical (unpaired) electrons. The van der Waals surface area contributed by atoms with E-state index >= 15 is 0 Å². The first-order chi connectivity index (χ1) is 8.95. The van der Waals surface area contributed by atoms with Crippen LogP contribution < -0.4 is 5.32 Å². The van der Waals surface area contributed by atoms with Crippen molar-refractivity contribution in [3.05, 3.63) is 35.9 Å². The van der Waals surface area contributed by atoms with Gasteiger partial charge in [-0.3, -0.25) is 4.79 Å². The summed E-state index contributed by atoms with van der Waals surface area (Å²) in [6.07, 6.45) is 2.20. The van der Waals surface area contributed by atoms with Gasteiger partial charge < -0.3 is 5.32 Å². The van der Waals surface area contributed by atoms with Crippen molar-refractivity contribution in [1.29, 1.82) is 0 Å². The highest BCUT2D eigenvalue weighted by Crippen LogP contribution is 2.12. The molecule has 0 bridgehead atoms. The predicted octanol–water partition coefficient (Wildman–Crippen LogP) is 0.379. The first kappa shape index (κ1) is 14.0. The second kappa shape index (κ2) is 5.71. The van der Waals surface area contributed by atoms with E-state index in [-0.39, 0.29) is 11.9 Å².